The predicted octanol–water partition coefficient (Wildman–Crippen LogP) is 1.14. The van der Waals surface area contributed by atoms with Gasteiger partial charge in [0.25, 0.3) is 5.91 Å². The van der Waals surface area contributed by atoms with E-state index < -0.39 is 15.9 Å². The van der Waals surface area contributed by atoms with Crippen molar-refractivity contribution in [1.29, 1.82) is 0 Å². The summed E-state index contributed by atoms with van der Waals surface area (Å²) in [5.74, 6) is -0.441. The highest BCUT2D eigenvalue weighted by Gasteiger charge is 2.14. The lowest BCUT2D eigenvalue weighted by molar-refractivity contribution is 0.0695. The maximum atomic E-state index is 11.9. The van der Waals surface area contributed by atoms with E-state index in [1.54, 1.807) is 0 Å². The first-order valence-corrected chi connectivity index (χ1v) is 7.89. The molecule has 0 radical (unpaired) electrons. The Morgan fingerprint density at radius 2 is 2.10 bits per heavy atom. The standard InChI is InChI=1S/C12H17ClN2O4S/c1-3-19-8(2)7-15-12(16)9-4-10(13)6-11(5-9)20(14,17)18/h4-6,8H,3,7H2,1-2H3,(H,15,16)(H2,14,17,18). The molecule has 1 unspecified atom stereocenters. The molecule has 3 N–H and O–H groups in total. The van der Waals surface area contributed by atoms with Crippen LogP contribution in [0.15, 0.2) is 23.1 Å². The predicted molar refractivity (Wildman–Crippen MR) is 76.2 cm³/mol. The molecular weight excluding hydrogens is 304 g/mol. The number of rotatable bonds is 6. The molecule has 0 aromatic heterocycles. The lowest BCUT2D eigenvalue weighted by atomic mass is 10.2. The number of sulfonamides is 1. The molecule has 0 aliphatic carbocycles. The fourth-order valence-electron chi connectivity index (χ4n) is 1.54. The maximum absolute atomic E-state index is 11.9. The summed E-state index contributed by atoms with van der Waals surface area (Å²) in [6.45, 7) is 4.53. The fraction of sp³-hybridized carbons (Fsp3) is 0.417. The van der Waals surface area contributed by atoms with Crippen LogP contribution in [0.25, 0.3) is 0 Å². The highest BCUT2D eigenvalue weighted by atomic mass is 35.5. The Bertz CT molecular complexity index is 589. The number of nitrogens with one attached hydrogen (secondary N) is 1. The van der Waals surface area contributed by atoms with Gasteiger partial charge in [-0.2, -0.15) is 0 Å². The Labute approximate surface area is 123 Å². The maximum Gasteiger partial charge on any atom is 0.251 e. The molecule has 1 rings (SSSR count). The number of hydrogen-bond donors (Lipinski definition) is 2. The topological polar surface area (TPSA) is 98.5 Å². The highest BCUT2D eigenvalue weighted by molar-refractivity contribution is 7.89. The van der Waals surface area contributed by atoms with Gasteiger partial charge in [-0.3, -0.25) is 4.79 Å². The molecule has 0 saturated carbocycles. The van der Waals surface area contributed by atoms with Crippen LogP contribution >= 0.6 is 11.6 Å². The van der Waals surface area contributed by atoms with Crippen molar-refractivity contribution in [2.24, 2.45) is 5.14 Å². The minimum absolute atomic E-state index is 0.125. The number of hydrogen-bond acceptors (Lipinski definition) is 4. The quantitative estimate of drug-likeness (QED) is 0.821. The molecule has 1 atom stereocenters. The van der Waals surface area contributed by atoms with Gasteiger partial charge in [-0.1, -0.05) is 11.6 Å². The van der Waals surface area contributed by atoms with Crippen LogP contribution in [0, 0.1) is 0 Å². The number of amides is 1. The summed E-state index contributed by atoms with van der Waals surface area (Å²) in [4.78, 5) is 11.7. The molecular formula is C12H17ClN2O4S. The van der Waals surface area contributed by atoms with Gasteiger partial charge in [0.05, 0.1) is 11.0 Å². The van der Waals surface area contributed by atoms with Crippen LogP contribution < -0.4 is 10.5 Å². The van der Waals surface area contributed by atoms with Crippen LogP contribution in [0.4, 0.5) is 0 Å². The first-order chi connectivity index (χ1) is 9.24. The monoisotopic (exact) mass is 320 g/mol. The second-order valence-electron chi connectivity index (χ2n) is 4.20. The molecule has 0 aliphatic heterocycles. The summed E-state index contributed by atoms with van der Waals surface area (Å²) >= 11 is 5.79. The van der Waals surface area contributed by atoms with Crippen LogP contribution in [-0.2, 0) is 14.8 Å². The van der Waals surface area contributed by atoms with Crippen LogP contribution in [0.5, 0.6) is 0 Å². The lowest BCUT2D eigenvalue weighted by Gasteiger charge is -2.13. The Morgan fingerprint density at radius 1 is 1.45 bits per heavy atom. The Hall–Kier alpha value is -1.15. The van der Waals surface area contributed by atoms with Crippen molar-refractivity contribution < 1.29 is 17.9 Å². The molecule has 0 spiro atoms. The van der Waals surface area contributed by atoms with E-state index in [-0.39, 0.29) is 21.6 Å². The number of ether oxygens (including phenoxy) is 1. The van der Waals surface area contributed by atoms with E-state index in [2.05, 4.69) is 5.32 Å². The van der Waals surface area contributed by atoms with Gasteiger partial charge in [-0.05, 0) is 32.0 Å². The zero-order valence-corrected chi connectivity index (χ0v) is 12.8. The number of nitrogens with two attached hydrogens (primary N) is 1. The van der Waals surface area contributed by atoms with Crippen LogP contribution in [0.1, 0.15) is 24.2 Å². The van der Waals surface area contributed by atoms with Crippen molar-refractivity contribution in [3.05, 3.63) is 28.8 Å². The van der Waals surface area contributed by atoms with Crippen molar-refractivity contribution in [2.75, 3.05) is 13.2 Å². The van der Waals surface area contributed by atoms with Gasteiger partial charge in [0.2, 0.25) is 10.0 Å². The third-order valence-corrected chi connectivity index (χ3v) is 3.57. The second-order valence-corrected chi connectivity index (χ2v) is 6.19. The smallest absolute Gasteiger partial charge is 0.251 e. The number of carbonyl (C=O) groups is 1. The zero-order chi connectivity index (χ0) is 15.3. The number of carbonyl (C=O) groups excluding carboxylic acids is 1. The van der Waals surface area contributed by atoms with Gasteiger partial charge in [-0.25, -0.2) is 13.6 Å². The van der Waals surface area contributed by atoms with E-state index in [4.69, 9.17) is 21.5 Å². The molecule has 1 aromatic carbocycles. The number of halogens is 1. The van der Waals surface area contributed by atoms with Crippen LogP contribution in [0.2, 0.25) is 5.02 Å². The summed E-state index contributed by atoms with van der Waals surface area (Å²) in [5, 5.41) is 7.77. The van der Waals surface area contributed by atoms with E-state index >= 15 is 0 Å². The van der Waals surface area contributed by atoms with Crippen molar-refractivity contribution in [3.63, 3.8) is 0 Å². The summed E-state index contributed by atoms with van der Waals surface area (Å²) in [6, 6.07) is 3.75. The van der Waals surface area contributed by atoms with Gasteiger partial charge >= 0.3 is 0 Å². The summed E-state index contributed by atoms with van der Waals surface area (Å²) < 4.78 is 27.8. The SMILES string of the molecule is CCOC(C)CNC(=O)c1cc(Cl)cc(S(N)(=O)=O)c1. The van der Waals surface area contributed by atoms with E-state index in [1.807, 2.05) is 13.8 Å². The van der Waals surface area contributed by atoms with Gasteiger partial charge in [0, 0.05) is 23.7 Å². The molecule has 0 heterocycles. The Balaban J connectivity index is 2.86. The summed E-state index contributed by atoms with van der Waals surface area (Å²) in [5.41, 5.74) is 0.130. The van der Waals surface area contributed by atoms with Crippen molar-refractivity contribution in [1.82, 2.24) is 5.32 Å². The molecule has 1 amide bonds. The highest BCUT2D eigenvalue weighted by Crippen LogP contribution is 2.18. The van der Waals surface area contributed by atoms with E-state index in [0.717, 1.165) is 0 Å². The Morgan fingerprint density at radius 3 is 2.65 bits per heavy atom. The molecule has 20 heavy (non-hydrogen) atoms. The third-order valence-electron chi connectivity index (χ3n) is 2.46. The third kappa shape index (κ3) is 5.09. The van der Waals surface area contributed by atoms with E-state index in [1.165, 1.54) is 18.2 Å². The molecule has 0 aliphatic rings. The molecule has 1 aromatic rings. The van der Waals surface area contributed by atoms with Crippen LogP contribution in [-0.4, -0.2) is 33.6 Å². The average molecular weight is 321 g/mol. The first-order valence-electron chi connectivity index (χ1n) is 5.97. The molecule has 0 fully saturated rings. The minimum atomic E-state index is -3.91. The fourth-order valence-corrected chi connectivity index (χ4v) is 2.42. The van der Waals surface area contributed by atoms with Crippen molar-refractivity contribution >= 4 is 27.5 Å². The molecule has 0 bridgehead atoms. The van der Waals surface area contributed by atoms with Crippen LogP contribution in [0.3, 0.4) is 0 Å². The largest absolute Gasteiger partial charge is 0.377 e. The summed E-state index contributed by atoms with van der Waals surface area (Å²) in [7, 11) is -3.91. The van der Waals surface area contributed by atoms with Gasteiger partial charge < -0.3 is 10.1 Å². The summed E-state index contributed by atoms with van der Waals surface area (Å²) in [6.07, 6.45) is -0.138. The molecule has 0 saturated heterocycles. The lowest BCUT2D eigenvalue weighted by Crippen LogP contribution is -2.32. The normalized spacial score (nSPS) is 13.0. The first kappa shape index (κ1) is 16.9. The Kier molecular flexibility index (Phi) is 5.94. The molecule has 6 nitrogen and oxygen atoms in total. The average Bonchev–Trinajstić information content (AvgIpc) is 2.34. The minimum Gasteiger partial charge on any atom is -0.377 e. The van der Waals surface area contributed by atoms with Crippen molar-refractivity contribution in [3.8, 4) is 0 Å². The molecule has 112 valence electrons. The van der Waals surface area contributed by atoms with Gasteiger partial charge in [0.15, 0.2) is 0 Å². The number of primary sulfonamides is 1. The number of benzene rings is 1. The zero-order valence-electron chi connectivity index (χ0n) is 11.2. The molecule has 8 heteroatoms. The van der Waals surface area contributed by atoms with Gasteiger partial charge in [-0.15, -0.1) is 0 Å². The van der Waals surface area contributed by atoms with Gasteiger partial charge in [0.1, 0.15) is 0 Å². The van der Waals surface area contributed by atoms with E-state index in [0.29, 0.717) is 13.2 Å². The second kappa shape index (κ2) is 7.03. The van der Waals surface area contributed by atoms with Crippen molar-refractivity contribution in [2.45, 2.75) is 24.8 Å². The van der Waals surface area contributed by atoms with E-state index in [9.17, 15) is 13.2 Å².